The van der Waals surface area contributed by atoms with E-state index in [2.05, 4.69) is 31.6 Å². The van der Waals surface area contributed by atoms with Crippen molar-refractivity contribution in [3.8, 4) is 0 Å². The third-order valence-electron chi connectivity index (χ3n) is 1.74. The molecular weight excluding hydrogens is 120 g/mol. The van der Waals surface area contributed by atoms with Crippen molar-refractivity contribution in [1.82, 2.24) is 0 Å². The van der Waals surface area contributed by atoms with Crippen LogP contribution in [0.4, 0.5) is 0 Å². The van der Waals surface area contributed by atoms with Crippen LogP contribution in [-0.2, 0) is 0 Å². The first-order chi connectivity index (χ1) is 4.93. The molecule has 1 rings (SSSR count). The van der Waals surface area contributed by atoms with E-state index in [9.17, 15) is 0 Å². The molecule has 0 heterocycles. The van der Waals surface area contributed by atoms with E-state index in [1.807, 2.05) is 0 Å². The largest absolute Gasteiger partial charge is 0.0843 e. The summed E-state index contributed by atoms with van der Waals surface area (Å²) in [4.78, 5) is 0. The number of rotatable bonds is 4. The molecule has 10 heavy (non-hydrogen) atoms. The van der Waals surface area contributed by atoms with E-state index in [-0.39, 0.29) is 0 Å². The first kappa shape index (κ1) is 7.59. The van der Waals surface area contributed by atoms with E-state index >= 15 is 0 Å². The van der Waals surface area contributed by atoms with Crippen LogP contribution in [0.5, 0.6) is 0 Å². The Labute approximate surface area is 63.6 Å². The Morgan fingerprint density at radius 3 is 2.90 bits per heavy atom. The molecule has 0 aromatic heterocycles. The van der Waals surface area contributed by atoms with Crippen molar-refractivity contribution >= 4 is 0 Å². The quantitative estimate of drug-likeness (QED) is 0.519. The van der Waals surface area contributed by atoms with E-state index in [4.69, 9.17) is 0 Å². The van der Waals surface area contributed by atoms with Crippen molar-refractivity contribution in [3.05, 3.63) is 30.2 Å². The zero-order valence-electron chi connectivity index (χ0n) is 6.64. The van der Waals surface area contributed by atoms with Crippen molar-refractivity contribution < 1.29 is 0 Å². The van der Waals surface area contributed by atoms with Gasteiger partial charge in [0.15, 0.2) is 0 Å². The van der Waals surface area contributed by atoms with E-state index in [0.717, 1.165) is 0 Å². The molecule has 0 nitrogen and oxygen atoms in total. The molecular formula is C10H15. The lowest BCUT2D eigenvalue weighted by Crippen LogP contribution is -1.89. The first-order valence-electron chi connectivity index (χ1n) is 4.12. The Morgan fingerprint density at radius 1 is 1.60 bits per heavy atom. The van der Waals surface area contributed by atoms with Gasteiger partial charge >= 0.3 is 0 Å². The summed E-state index contributed by atoms with van der Waals surface area (Å²) in [5, 5.41) is 0. The van der Waals surface area contributed by atoms with Gasteiger partial charge in [0, 0.05) is 0 Å². The van der Waals surface area contributed by atoms with Gasteiger partial charge in [-0.1, -0.05) is 43.6 Å². The summed E-state index contributed by atoms with van der Waals surface area (Å²) in [5.41, 5.74) is 1.48. The Hall–Kier alpha value is -0.520. The summed E-state index contributed by atoms with van der Waals surface area (Å²) < 4.78 is 0. The number of hydrogen-bond donors (Lipinski definition) is 0. The lowest BCUT2D eigenvalue weighted by atomic mass is 9.98. The molecule has 0 unspecified atom stereocenters. The Bertz CT molecular complexity index is 140. The number of allylic oxidation sites excluding steroid dienone is 4. The molecule has 1 aliphatic rings. The predicted molar refractivity (Wildman–Crippen MR) is 45.7 cm³/mol. The summed E-state index contributed by atoms with van der Waals surface area (Å²) in [5.74, 6) is 0. The molecule has 0 spiro atoms. The molecule has 1 aliphatic carbocycles. The maximum atomic E-state index is 2.28. The monoisotopic (exact) mass is 135 g/mol. The van der Waals surface area contributed by atoms with Gasteiger partial charge in [-0.3, -0.25) is 0 Å². The Balaban J connectivity index is 2.05. The molecule has 55 valence electrons. The molecule has 0 fully saturated rings. The highest BCUT2D eigenvalue weighted by Crippen LogP contribution is 2.17. The molecule has 1 radical (unpaired) electrons. The SMILES string of the molecule is CCCCC=CC1=C[CH]C1. The van der Waals surface area contributed by atoms with Gasteiger partial charge in [-0.2, -0.15) is 0 Å². The smallest absolute Gasteiger partial charge is 0.0121 e. The van der Waals surface area contributed by atoms with Gasteiger partial charge in [0.1, 0.15) is 0 Å². The highest BCUT2D eigenvalue weighted by molar-refractivity contribution is 5.32. The van der Waals surface area contributed by atoms with Crippen molar-refractivity contribution in [2.75, 3.05) is 0 Å². The zero-order chi connectivity index (χ0) is 7.23. The molecule has 0 atom stereocenters. The Morgan fingerprint density at radius 2 is 2.40 bits per heavy atom. The second-order valence-electron chi connectivity index (χ2n) is 2.73. The molecule has 0 bridgehead atoms. The minimum absolute atomic E-state index is 1.18. The van der Waals surface area contributed by atoms with E-state index in [1.54, 1.807) is 0 Å². The highest BCUT2D eigenvalue weighted by atomic mass is 14.0. The number of unbranched alkanes of at least 4 members (excludes halogenated alkanes) is 2. The minimum atomic E-state index is 1.18. The van der Waals surface area contributed by atoms with Gasteiger partial charge in [-0.25, -0.2) is 0 Å². The predicted octanol–water partition coefficient (Wildman–Crippen LogP) is 3.27. The summed E-state index contributed by atoms with van der Waals surface area (Å²) >= 11 is 0. The van der Waals surface area contributed by atoms with Gasteiger partial charge in [-0.05, 0) is 19.3 Å². The second-order valence-corrected chi connectivity index (χ2v) is 2.73. The van der Waals surface area contributed by atoms with Crippen molar-refractivity contribution in [3.63, 3.8) is 0 Å². The van der Waals surface area contributed by atoms with Crippen molar-refractivity contribution in [1.29, 1.82) is 0 Å². The molecule has 0 saturated carbocycles. The molecule has 0 aromatic carbocycles. The normalized spacial score (nSPS) is 17.1. The summed E-state index contributed by atoms with van der Waals surface area (Å²) in [6, 6.07) is 0. The van der Waals surface area contributed by atoms with E-state index in [1.165, 1.54) is 31.3 Å². The lowest BCUT2D eigenvalue weighted by molar-refractivity contribution is 0.814. The molecule has 0 N–H and O–H groups in total. The number of hydrogen-bond acceptors (Lipinski definition) is 0. The summed E-state index contributed by atoms with van der Waals surface area (Å²) in [6.07, 6.45) is 14.0. The average Bonchev–Trinajstić information content (AvgIpc) is 1.84. The molecule has 0 aromatic rings. The van der Waals surface area contributed by atoms with E-state index in [0.29, 0.717) is 0 Å². The van der Waals surface area contributed by atoms with Gasteiger partial charge < -0.3 is 0 Å². The van der Waals surface area contributed by atoms with Gasteiger partial charge in [0.2, 0.25) is 0 Å². The first-order valence-corrected chi connectivity index (χ1v) is 4.12. The van der Waals surface area contributed by atoms with E-state index < -0.39 is 0 Å². The van der Waals surface area contributed by atoms with Gasteiger partial charge in [0.25, 0.3) is 0 Å². The fraction of sp³-hybridized carbons (Fsp3) is 0.500. The molecule has 0 saturated heterocycles. The fourth-order valence-electron chi connectivity index (χ4n) is 0.934. The fourth-order valence-corrected chi connectivity index (χ4v) is 0.934. The van der Waals surface area contributed by atoms with Crippen LogP contribution in [0.3, 0.4) is 0 Å². The van der Waals surface area contributed by atoms with Crippen LogP contribution in [0, 0.1) is 6.42 Å². The molecule has 0 amide bonds. The second kappa shape index (κ2) is 4.32. The van der Waals surface area contributed by atoms with Crippen molar-refractivity contribution in [2.45, 2.75) is 32.6 Å². The minimum Gasteiger partial charge on any atom is -0.0843 e. The zero-order valence-corrected chi connectivity index (χ0v) is 6.64. The lowest BCUT2D eigenvalue weighted by Gasteiger charge is -2.07. The summed E-state index contributed by atoms with van der Waals surface area (Å²) in [6.45, 7) is 2.23. The van der Waals surface area contributed by atoms with Crippen LogP contribution in [0.15, 0.2) is 23.8 Å². The van der Waals surface area contributed by atoms with Crippen LogP contribution < -0.4 is 0 Å². The Kier molecular flexibility index (Phi) is 3.28. The van der Waals surface area contributed by atoms with Crippen LogP contribution >= 0.6 is 0 Å². The standard InChI is InChI=1S/C10H15/c1-2-3-4-5-7-10-8-6-9-10/h5-8H,2-4,9H2,1H3. The maximum absolute atomic E-state index is 2.28. The summed E-state index contributed by atoms with van der Waals surface area (Å²) in [7, 11) is 0. The van der Waals surface area contributed by atoms with Crippen molar-refractivity contribution in [2.24, 2.45) is 0 Å². The highest BCUT2D eigenvalue weighted by Gasteiger charge is 1.99. The van der Waals surface area contributed by atoms with Crippen LogP contribution in [0.2, 0.25) is 0 Å². The molecule has 0 heteroatoms. The topological polar surface area (TPSA) is 0 Å². The van der Waals surface area contributed by atoms with Crippen LogP contribution in [-0.4, -0.2) is 0 Å². The van der Waals surface area contributed by atoms with Gasteiger partial charge in [-0.15, -0.1) is 0 Å². The van der Waals surface area contributed by atoms with Crippen LogP contribution in [0.1, 0.15) is 32.6 Å². The maximum Gasteiger partial charge on any atom is -0.0121 e. The third-order valence-corrected chi connectivity index (χ3v) is 1.74. The molecule has 0 aliphatic heterocycles. The van der Waals surface area contributed by atoms with Gasteiger partial charge in [0.05, 0.1) is 0 Å². The average molecular weight is 135 g/mol. The van der Waals surface area contributed by atoms with Crippen LogP contribution in [0.25, 0.3) is 0 Å². The third kappa shape index (κ3) is 2.38.